The Hall–Kier alpha value is -2.43. The minimum atomic E-state index is 0.00141. The van der Waals surface area contributed by atoms with Crippen LogP contribution in [0.3, 0.4) is 0 Å². The van der Waals surface area contributed by atoms with Gasteiger partial charge in [-0.1, -0.05) is 6.07 Å². The maximum Gasteiger partial charge on any atom is 0.178 e. The molecule has 1 aliphatic rings. The first-order chi connectivity index (χ1) is 10.2. The van der Waals surface area contributed by atoms with Gasteiger partial charge in [0.15, 0.2) is 5.78 Å². The van der Waals surface area contributed by atoms with Gasteiger partial charge < -0.3 is 9.80 Å². The summed E-state index contributed by atoms with van der Waals surface area (Å²) in [6, 6.07) is 9.75. The Morgan fingerprint density at radius 2 is 1.76 bits per heavy atom. The number of anilines is 2. The molecule has 21 heavy (non-hydrogen) atoms. The van der Waals surface area contributed by atoms with Gasteiger partial charge >= 0.3 is 0 Å². The van der Waals surface area contributed by atoms with Crippen LogP contribution in [-0.4, -0.2) is 41.9 Å². The van der Waals surface area contributed by atoms with Crippen molar-refractivity contribution >= 4 is 17.3 Å². The summed E-state index contributed by atoms with van der Waals surface area (Å²) in [5.41, 5.74) is 1.59. The Labute approximate surface area is 124 Å². The summed E-state index contributed by atoms with van der Waals surface area (Å²) in [5, 5.41) is 0. The smallest absolute Gasteiger partial charge is 0.178 e. The summed E-state index contributed by atoms with van der Waals surface area (Å²) in [6.45, 7) is 5.26. The fourth-order valence-corrected chi connectivity index (χ4v) is 2.52. The number of piperazine rings is 1. The van der Waals surface area contributed by atoms with E-state index in [1.54, 1.807) is 12.3 Å². The van der Waals surface area contributed by atoms with E-state index in [9.17, 15) is 4.79 Å². The van der Waals surface area contributed by atoms with E-state index in [0.29, 0.717) is 5.69 Å². The SMILES string of the molecule is CC(=O)c1ccc(N2CCN(c3ccccn3)CC2)cn1. The molecule has 2 aromatic rings. The molecule has 0 N–H and O–H groups in total. The standard InChI is InChI=1S/C16H18N4O/c1-13(21)15-6-5-14(12-18-15)19-8-10-20(11-9-19)16-4-2-3-7-17-16/h2-7,12H,8-11H2,1H3. The number of hydrogen-bond donors (Lipinski definition) is 0. The summed E-state index contributed by atoms with van der Waals surface area (Å²) in [5.74, 6) is 1.03. The van der Waals surface area contributed by atoms with Crippen molar-refractivity contribution in [3.05, 3.63) is 48.4 Å². The number of nitrogens with zero attached hydrogens (tertiary/aromatic N) is 4. The van der Waals surface area contributed by atoms with Crippen LogP contribution in [0.25, 0.3) is 0 Å². The second kappa shape index (κ2) is 5.91. The second-order valence-corrected chi connectivity index (χ2v) is 5.12. The first kappa shape index (κ1) is 13.5. The van der Waals surface area contributed by atoms with Crippen molar-refractivity contribution in [1.82, 2.24) is 9.97 Å². The van der Waals surface area contributed by atoms with Crippen molar-refractivity contribution in [2.24, 2.45) is 0 Å². The number of carbonyl (C=O) groups excluding carboxylic acids is 1. The fourth-order valence-electron chi connectivity index (χ4n) is 2.52. The molecule has 0 spiro atoms. The molecule has 0 unspecified atom stereocenters. The van der Waals surface area contributed by atoms with Gasteiger partial charge in [0.05, 0.1) is 11.9 Å². The van der Waals surface area contributed by atoms with E-state index >= 15 is 0 Å². The van der Waals surface area contributed by atoms with E-state index in [4.69, 9.17) is 0 Å². The highest BCUT2D eigenvalue weighted by molar-refractivity contribution is 5.92. The van der Waals surface area contributed by atoms with Gasteiger partial charge in [-0.15, -0.1) is 0 Å². The number of aromatic nitrogens is 2. The molecule has 0 aromatic carbocycles. The summed E-state index contributed by atoms with van der Waals surface area (Å²) < 4.78 is 0. The lowest BCUT2D eigenvalue weighted by atomic mass is 10.2. The Morgan fingerprint density at radius 3 is 2.33 bits per heavy atom. The van der Waals surface area contributed by atoms with Gasteiger partial charge in [-0.25, -0.2) is 4.98 Å². The zero-order valence-corrected chi connectivity index (χ0v) is 12.1. The van der Waals surface area contributed by atoms with Gasteiger partial charge in [-0.3, -0.25) is 9.78 Å². The second-order valence-electron chi connectivity index (χ2n) is 5.12. The molecule has 0 saturated carbocycles. The van der Waals surface area contributed by atoms with Crippen molar-refractivity contribution in [3.8, 4) is 0 Å². The summed E-state index contributed by atoms with van der Waals surface area (Å²) in [7, 11) is 0. The molecule has 2 aromatic heterocycles. The molecule has 3 heterocycles. The van der Waals surface area contributed by atoms with E-state index in [0.717, 1.165) is 37.7 Å². The maximum absolute atomic E-state index is 11.2. The summed E-state index contributed by atoms with van der Waals surface area (Å²) in [4.78, 5) is 24.4. The molecular weight excluding hydrogens is 264 g/mol. The number of rotatable bonds is 3. The number of hydrogen-bond acceptors (Lipinski definition) is 5. The fraction of sp³-hybridized carbons (Fsp3) is 0.312. The van der Waals surface area contributed by atoms with Crippen LogP contribution >= 0.6 is 0 Å². The Morgan fingerprint density at radius 1 is 1.00 bits per heavy atom. The Kier molecular flexibility index (Phi) is 3.81. The molecule has 0 amide bonds. The normalized spacial score (nSPS) is 15.1. The topological polar surface area (TPSA) is 49.3 Å². The van der Waals surface area contributed by atoms with Crippen LogP contribution in [0.5, 0.6) is 0 Å². The molecule has 0 atom stereocenters. The third-order valence-corrected chi connectivity index (χ3v) is 3.73. The molecular formula is C16H18N4O. The van der Waals surface area contributed by atoms with E-state index in [2.05, 4.69) is 19.8 Å². The molecule has 3 rings (SSSR count). The molecule has 0 radical (unpaired) electrons. The largest absolute Gasteiger partial charge is 0.367 e. The minimum Gasteiger partial charge on any atom is -0.367 e. The van der Waals surface area contributed by atoms with Gasteiger partial charge in [0, 0.05) is 39.3 Å². The number of pyridine rings is 2. The average molecular weight is 282 g/mol. The molecule has 108 valence electrons. The van der Waals surface area contributed by atoms with Crippen LogP contribution < -0.4 is 9.80 Å². The summed E-state index contributed by atoms with van der Waals surface area (Å²) >= 11 is 0. The molecule has 5 heteroatoms. The lowest BCUT2D eigenvalue weighted by molar-refractivity contribution is 0.101. The third kappa shape index (κ3) is 3.02. The Balaban J connectivity index is 1.64. The quantitative estimate of drug-likeness (QED) is 0.806. The third-order valence-electron chi connectivity index (χ3n) is 3.73. The van der Waals surface area contributed by atoms with Crippen molar-refractivity contribution < 1.29 is 4.79 Å². The molecule has 0 aliphatic carbocycles. The number of carbonyl (C=O) groups is 1. The summed E-state index contributed by atoms with van der Waals surface area (Å²) in [6.07, 6.45) is 3.61. The predicted octanol–water partition coefficient (Wildman–Crippen LogP) is 2.01. The molecule has 1 fully saturated rings. The monoisotopic (exact) mass is 282 g/mol. The van der Waals surface area contributed by atoms with Crippen molar-refractivity contribution in [1.29, 1.82) is 0 Å². The number of ketones is 1. The van der Waals surface area contributed by atoms with Crippen LogP contribution in [0.15, 0.2) is 42.7 Å². The van der Waals surface area contributed by atoms with Gasteiger partial charge in [0.25, 0.3) is 0 Å². The highest BCUT2D eigenvalue weighted by Crippen LogP contribution is 2.18. The number of Topliss-reactive ketones (excluding diaryl/α,β-unsaturated/α-hetero) is 1. The maximum atomic E-state index is 11.2. The lowest BCUT2D eigenvalue weighted by Gasteiger charge is -2.36. The van der Waals surface area contributed by atoms with Gasteiger partial charge in [0.1, 0.15) is 11.5 Å². The first-order valence-corrected chi connectivity index (χ1v) is 7.12. The molecule has 1 saturated heterocycles. The van der Waals surface area contributed by atoms with Crippen LogP contribution in [0, 0.1) is 0 Å². The van der Waals surface area contributed by atoms with Crippen LogP contribution in [0.4, 0.5) is 11.5 Å². The highest BCUT2D eigenvalue weighted by Gasteiger charge is 2.18. The van der Waals surface area contributed by atoms with E-state index in [1.165, 1.54) is 6.92 Å². The Bertz CT molecular complexity index is 604. The van der Waals surface area contributed by atoms with Gasteiger partial charge in [0.2, 0.25) is 0 Å². The highest BCUT2D eigenvalue weighted by atomic mass is 16.1. The zero-order valence-electron chi connectivity index (χ0n) is 12.1. The van der Waals surface area contributed by atoms with Gasteiger partial charge in [-0.2, -0.15) is 0 Å². The van der Waals surface area contributed by atoms with E-state index < -0.39 is 0 Å². The zero-order chi connectivity index (χ0) is 14.7. The van der Waals surface area contributed by atoms with E-state index in [1.807, 2.05) is 30.5 Å². The predicted molar refractivity (Wildman–Crippen MR) is 82.9 cm³/mol. The van der Waals surface area contributed by atoms with Crippen molar-refractivity contribution in [2.75, 3.05) is 36.0 Å². The van der Waals surface area contributed by atoms with Crippen LogP contribution in [0.2, 0.25) is 0 Å². The first-order valence-electron chi connectivity index (χ1n) is 7.12. The van der Waals surface area contributed by atoms with Crippen molar-refractivity contribution in [3.63, 3.8) is 0 Å². The minimum absolute atomic E-state index is 0.00141. The molecule has 0 bridgehead atoms. The average Bonchev–Trinajstić information content (AvgIpc) is 2.56. The van der Waals surface area contributed by atoms with Crippen LogP contribution in [-0.2, 0) is 0 Å². The van der Waals surface area contributed by atoms with Gasteiger partial charge in [-0.05, 0) is 24.3 Å². The molecule has 1 aliphatic heterocycles. The van der Waals surface area contributed by atoms with Crippen LogP contribution in [0.1, 0.15) is 17.4 Å². The van der Waals surface area contributed by atoms with Crippen molar-refractivity contribution in [2.45, 2.75) is 6.92 Å². The lowest BCUT2D eigenvalue weighted by Crippen LogP contribution is -2.46. The molecule has 5 nitrogen and oxygen atoms in total. The van der Waals surface area contributed by atoms with E-state index in [-0.39, 0.29) is 5.78 Å².